The molecule has 2 aromatic rings. The highest BCUT2D eigenvalue weighted by molar-refractivity contribution is 5.97. The second kappa shape index (κ2) is 5.67. The van der Waals surface area contributed by atoms with Gasteiger partial charge in [-0.3, -0.25) is 15.0 Å². The summed E-state index contributed by atoms with van der Waals surface area (Å²) in [6.07, 6.45) is 1.43. The third-order valence-corrected chi connectivity index (χ3v) is 3.42. The topological polar surface area (TPSA) is 71.8 Å². The lowest BCUT2D eigenvalue weighted by atomic mass is 10.1. The molecule has 110 valence electrons. The lowest BCUT2D eigenvalue weighted by Crippen LogP contribution is -2.50. The number of carbonyl (C=O) groups is 1. The number of nitrogens with zero attached hydrogens (tertiary/aromatic N) is 1. The summed E-state index contributed by atoms with van der Waals surface area (Å²) in [7, 11) is 0. The predicted octanol–water partition coefficient (Wildman–Crippen LogP) is 1.16. The average molecular weight is 288 g/mol. The molecule has 0 saturated carbocycles. The first kappa shape index (κ1) is 13.8. The van der Waals surface area contributed by atoms with Gasteiger partial charge in [-0.15, -0.1) is 0 Å². The zero-order valence-corrected chi connectivity index (χ0v) is 11.7. The van der Waals surface area contributed by atoms with Crippen LogP contribution in [0.3, 0.4) is 0 Å². The fourth-order valence-corrected chi connectivity index (χ4v) is 2.35. The molecule has 0 radical (unpaired) electrons. The Morgan fingerprint density at radius 3 is 3.05 bits per heavy atom. The van der Waals surface area contributed by atoms with Crippen molar-refractivity contribution in [2.24, 2.45) is 0 Å². The summed E-state index contributed by atoms with van der Waals surface area (Å²) in [5, 5.41) is 2.23. The van der Waals surface area contributed by atoms with Crippen molar-refractivity contribution in [3.8, 4) is 0 Å². The molecule has 1 atom stereocenters. The summed E-state index contributed by atoms with van der Waals surface area (Å²) in [6, 6.07) is 6.17. The first-order valence-corrected chi connectivity index (χ1v) is 6.82. The van der Waals surface area contributed by atoms with E-state index in [2.05, 4.69) is 5.43 Å². The number of fused-ring (bicyclic) bond motifs is 1. The van der Waals surface area contributed by atoms with Gasteiger partial charge in [-0.2, -0.15) is 0 Å². The molecule has 1 saturated heterocycles. The van der Waals surface area contributed by atoms with E-state index < -0.39 is 0 Å². The van der Waals surface area contributed by atoms with Crippen molar-refractivity contribution in [1.29, 1.82) is 0 Å². The SMILES string of the molecule is C[C@@H]1CN(NC(=O)c2ccc3occc(=O)c3c2)CCO1. The normalized spacial score (nSPS) is 19.6. The van der Waals surface area contributed by atoms with Gasteiger partial charge in [0.05, 0.1) is 24.4 Å². The van der Waals surface area contributed by atoms with Gasteiger partial charge in [0, 0.05) is 24.7 Å². The number of hydrogen-bond acceptors (Lipinski definition) is 5. The highest BCUT2D eigenvalue weighted by Crippen LogP contribution is 2.12. The molecular weight excluding hydrogens is 272 g/mol. The van der Waals surface area contributed by atoms with Gasteiger partial charge in [0.25, 0.3) is 5.91 Å². The molecule has 1 aromatic heterocycles. The fourth-order valence-electron chi connectivity index (χ4n) is 2.35. The molecular formula is C15H16N2O4. The van der Waals surface area contributed by atoms with Crippen LogP contribution in [0, 0.1) is 0 Å². The van der Waals surface area contributed by atoms with Gasteiger partial charge >= 0.3 is 0 Å². The Hall–Kier alpha value is -2.18. The van der Waals surface area contributed by atoms with Gasteiger partial charge < -0.3 is 9.15 Å². The third kappa shape index (κ3) is 2.96. The molecule has 2 heterocycles. The summed E-state index contributed by atoms with van der Waals surface area (Å²) in [4.78, 5) is 24.0. The van der Waals surface area contributed by atoms with Gasteiger partial charge in [0.1, 0.15) is 5.58 Å². The second-order valence-corrected chi connectivity index (χ2v) is 5.06. The molecule has 21 heavy (non-hydrogen) atoms. The molecule has 0 aliphatic carbocycles. The van der Waals surface area contributed by atoms with Crippen LogP contribution in [0.5, 0.6) is 0 Å². The van der Waals surface area contributed by atoms with Crippen LogP contribution < -0.4 is 10.9 Å². The Morgan fingerprint density at radius 1 is 1.38 bits per heavy atom. The molecule has 0 bridgehead atoms. The van der Waals surface area contributed by atoms with E-state index in [0.717, 1.165) is 0 Å². The van der Waals surface area contributed by atoms with E-state index in [9.17, 15) is 9.59 Å². The predicted molar refractivity (Wildman–Crippen MR) is 76.9 cm³/mol. The van der Waals surface area contributed by atoms with Crippen LogP contribution in [-0.4, -0.2) is 36.7 Å². The molecule has 1 aromatic carbocycles. The molecule has 0 unspecified atom stereocenters. The molecule has 1 N–H and O–H groups in total. The van der Waals surface area contributed by atoms with E-state index in [0.29, 0.717) is 36.2 Å². The van der Waals surface area contributed by atoms with Gasteiger partial charge in [-0.1, -0.05) is 0 Å². The molecule has 3 rings (SSSR count). The van der Waals surface area contributed by atoms with Crippen molar-refractivity contribution in [2.45, 2.75) is 13.0 Å². The smallest absolute Gasteiger partial charge is 0.265 e. The van der Waals surface area contributed by atoms with Crippen LogP contribution in [0.4, 0.5) is 0 Å². The number of hydrazine groups is 1. The Labute approximate surface area is 121 Å². The van der Waals surface area contributed by atoms with Gasteiger partial charge in [0.2, 0.25) is 0 Å². The van der Waals surface area contributed by atoms with E-state index in [1.54, 1.807) is 18.2 Å². The Kier molecular flexibility index (Phi) is 3.72. The van der Waals surface area contributed by atoms with E-state index in [4.69, 9.17) is 9.15 Å². The molecule has 6 heteroatoms. The summed E-state index contributed by atoms with van der Waals surface area (Å²) in [6.45, 7) is 3.83. The molecule has 1 aliphatic heterocycles. The number of benzene rings is 1. The number of rotatable bonds is 2. The van der Waals surface area contributed by atoms with E-state index in [1.807, 2.05) is 11.9 Å². The van der Waals surface area contributed by atoms with E-state index >= 15 is 0 Å². The molecule has 1 fully saturated rings. The van der Waals surface area contributed by atoms with E-state index in [-0.39, 0.29) is 17.4 Å². The summed E-state index contributed by atoms with van der Waals surface area (Å²) >= 11 is 0. The van der Waals surface area contributed by atoms with Crippen molar-refractivity contribution in [3.05, 3.63) is 46.3 Å². The van der Waals surface area contributed by atoms with Crippen LogP contribution in [0.1, 0.15) is 17.3 Å². The monoisotopic (exact) mass is 288 g/mol. The van der Waals surface area contributed by atoms with Crippen LogP contribution in [-0.2, 0) is 4.74 Å². The zero-order chi connectivity index (χ0) is 14.8. The summed E-state index contributed by atoms with van der Waals surface area (Å²) in [5.74, 6) is -0.241. The van der Waals surface area contributed by atoms with Crippen LogP contribution in [0.2, 0.25) is 0 Å². The molecule has 1 aliphatic rings. The number of amides is 1. The molecule has 0 spiro atoms. The highest BCUT2D eigenvalue weighted by Gasteiger charge is 2.19. The van der Waals surface area contributed by atoms with Crippen molar-refractivity contribution in [3.63, 3.8) is 0 Å². The van der Waals surface area contributed by atoms with Crippen LogP contribution in [0.15, 0.2) is 39.7 Å². The number of ether oxygens (including phenoxy) is 1. The molecule has 6 nitrogen and oxygen atoms in total. The summed E-state index contributed by atoms with van der Waals surface area (Å²) in [5.41, 5.74) is 3.57. The largest absolute Gasteiger partial charge is 0.464 e. The Bertz CT molecular complexity index is 725. The first-order valence-electron chi connectivity index (χ1n) is 6.82. The Balaban J connectivity index is 1.81. The van der Waals surface area contributed by atoms with Crippen molar-refractivity contribution >= 4 is 16.9 Å². The first-order chi connectivity index (χ1) is 10.1. The average Bonchev–Trinajstić information content (AvgIpc) is 2.47. The molecule has 1 amide bonds. The second-order valence-electron chi connectivity index (χ2n) is 5.06. The van der Waals surface area contributed by atoms with Gasteiger partial charge in [-0.25, -0.2) is 5.01 Å². The zero-order valence-electron chi connectivity index (χ0n) is 11.7. The van der Waals surface area contributed by atoms with Crippen molar-refractivity contribution in [2.75, 3.05) is 19.7 Å². The standard InChI is InChI=1S/C15H16N2O4/c1-10-9-17(5-7-20-10)16-15(19)11-2-3-14-12(8-11)13(18)4-6-21-14/h2-4,6,8,10H,5,7,9H2,1H3,(H,16,19)/t10-/m1/s1. The maximum absolute atomic E-state index is 12.2. The third-order valence-electron chi connectivity index (χ3n) is 3.42. The quantitative estimate of drug-likeness (QED) is 0.897. The fraction of sp³-hybridized carbons (Fsp3) is 0.333. The lowest BCUT2D eigenvalue weighted by molar-refractivity contribution is -0.0342. The highest BCUT2D eigenvalue weighted by atomic mass is 16.5. The van der Waals surface area contributed by atoms with E-state index in [1.165, 1.54) is 12.3 Å². The van der Waals surface area contributed by atoms with Gasteiger partial charge in [0.15, 0.2) is 5.43 Å². The maximum Gasteiger partial charge on any atom is 0.265 e. The summed E-state index contributed by atoms with van der Waals surface area (Å²) < 4.78 is 10.7. The minimum atomic E-state index is -0.241. The maximum atomic E-state index is 12.2. The van der Waals surface area contributed by atoms with Crippen molar-refractivity contribution in [1.82, 2.24) is 10.4 Å². The lowest BCUT2D eigenvalue weighted by Gasteiger charge is -2.31. The van der Waals surface area contributed by atoms with Crippen LogP contribution in [0.25, 0.3) is 11.0 Å². The van der Waals surface area contributed by atoms with Gasteiger partial charge in [-0.05, 0) is 25.1 Å². The number of carbonyl (C=O) groups excluding carboxylic acids is 1. The number of nitrogens with one attached hydrogen (secondary N) is 1. The Morgan fingerprint density at radius 2 is 2.24 bits per heavy atom. The van der Waals surface area contributed by atoms with Crippen LogP contribution >= 0.6 is 0 Å². The minimum absolute atomic E-state index is 0.0858. The minimum Gasteiger partial charge on any atom is -0.464 e. The van der Waals surface area contributed by atoms with Crippen molar-refractivity contribution < 1.29 is 13.9 Å². The number of morpholine rings is 1. The number of hydrogen-bond donors (Lipinski definition) is 1.